The number of nitrogens with one attached hydrogen (secondary N) is 1. The molecule has 1 saturated heterocycles. The first-order valence-corrected chi connectivity index (χ1v) is 9.58. The van der Waals surface area contributed by atoms with Crippen LogP contribution in [0.3, 0.4) is 0 Å². The van der Waals surface area contributed by atoms with Crippen molar-refractivity contribution in [2.45, 2.75) is 45.6 Å². The Morgan fingerprint density at radius 3 is 2.31 bits per heavy atom. The molecular formula is C20H32N4O2. The number of unbranched alkanes of at least 4 members (excludes halogenated alkanes) is 1. The van der Waals surface area contributed by atoms with Gasteiger partial charge in [0, 0.05) is 45.7 Å². The van der Waals surface area contributed by atoms with Gasteiger partial charge in [-0.2, -0.15) is 0 Å². The molecule has 0 bridgehead atoms. The molecule has 1 aromatic carbocycles. The number of hydrogen-bond donors (Lipinski definition) is 2. The first-order chi connectivity index (χ1) is 12.5. The Hall–Kier alpha value is -2.08. The number of nitrogens with two attached hydrogens (primary N) is 1. The van der Waals surface area contributed by atoms with Gasteiger partial charge < -0.3 is 16.0 Å². The Labute approximate surface area is 156 Å². The molecule has 0 aromatic heterocycles. The lowest BCUT2D eigenvalue weighted by molar-refractivity contribution is -0.133. The van der Waals surface area contributed by atoms with E-state index in [1.165, 1.54) is 11.1 Å². The fourth-order valence-corrected chi connectivity index (χ4v) is 3.19. The predicted molar refractivity (Wildman–Crippen MR) is 104 cm³/mol. The summed E-state index contributed by atoms with van der Waals surface area (Å²) in [4.78, 5) is 27.2. The smallest absolute Gasteiger partial charge is 0.312 e. The molecule has 1 aromatic rings. The van der Waals surface area contributed by atoms with Crippen molar-refractivity contribution in [1.82, 2.24) is 15.1 Å². The molecule has 0 spiro atoms. The molecule has 0 aliphatic carbocycles. The number of nitrogens with zero attached hydrogens (tertiary/aromatic N) is 2. The van der Waals surface area contributed by atoms with Crippen molar-refractivity contribution >= 4 is 11.9 Å². The summed E-state index contributed by atoms with van der Waals surface area (Å²) in [6, 6.07) is 8.35. The van der Waals surface area contributed by atoms with Gasteiger partial charge in [-0.25, -0.2) is 4.79 Å². The van der Waals surface area contributed by atoms with Crippen LogP contribution >= 0.6 is 0 Å². The first-order valence-electron chi connectivity index (χ1n) is 9.58. The van der Waals surface area contributed by atoms with E-state index in [1.807, 2.05) is 4.90 Å². The van der Waals surface area contributed by atoms with Crippen LogP contribution in [0, 0.1) is 0 Å². The number of carbonyl (C=O) groups excluding carboxylic acids is 2. The predicted octanol–water partition coefficient (Wildman–Crippen LogP) is 2.29. The standard InChI is InChI=1S/C20H32N4O2/c1-16(2)18-8-6-17(7-9-18)15-23-11-13-24(14-12-23)19(25)5-3-4-10-22-20(21)26/h6-9,16H,3-5,10-15H2,1-2H3,(H3,21,22,26). The van der Waals surface area contributed by atoms with Gasteiger partial charge in [0.25, 0.3) is 0 Å². The van der Waals surface area contributed by atoms with E-state index in [9.17, 15) is 9.59 Å². The number of benzene rings is 1. The van der Waals surface area contributed by atoms with Gasteiger partial charge in [0.2, 0.25) is 5.91 Å². The molecule has 26 heavy (non-hydrogen) atoms. The van der Waals surface area contributed by atoms with E-state index in [0.717, 1.165) is 45.6 Å². The normalized spacial score (nSPS) is 15.3. The number of urea groups is 1. The van der Waals surface area contributed by atoms with E-state index in [0.29, 0.717) is 18.9 Å². The molecule has 1 fully saturated rings. The summed E-state index contributed by atoms with van der Waals surface area (Å²) in [5.74, 6) is 0.773. The molecule has 0 radical (unpaired) electrons. The first kappa shape index (κ1) is 20.2. The average Bonchev–Trinajstić information content (AvgIpc) is 2.62. The molecule has 0 atom stereocenters. The van der Waals surface area contributed by atoms with Gasteiger partial charge in [-0.1, -0.05) is 38.1 Å². The summed E-state index contributed by atoms with van der Waals surface area (Å²) in [5.41, 5.74) is 7.71. The van der Waals surface area contributed by atoms with Crippen molar-refractivity contribution in [2.24, 2.45) is 5.73 Å². The zero-order chi connectivity index (χ0) is 18.9. The minimum Gasteiger partial charge on any atom is -0.352 e. The highest BCUT2D eigenvalue weighted by Crippen LogP contribution is 2.16. The Balaban J connectivity index is 1.66. The minimum absolute atomic E-state index is 0.213. The molecule has 6 heteroatoms. The molecule has 1 heterocycles. The molecule has 144 valence electrons. The largest absolute Gasteiger partial charge is 0.352 e. The molecule has 1 aliphatic heterocycles. The number of hydrogen-bond acceptors (Lipinski definition) is 3. The van der Waals surface area contributed by atoms with E-state index in [2.05, 4.69) is 48.3 Å². The fraction of sp³-hybridized carbons (Fsp3) is 0.600. The van der Waals surface area contributed by atoms with Crippen molar-refractivity contribution < 1.29 is 9.59 Å². The van der Waals surface area contributed by atoms with Gasteiger partial charge in [0.05, 0.1) is 0 Å². The monoisotopic (exact) mass is 360 g/mol. The fourth-order valence-electron chi connectivity index (χ4n) is 3.19. The molecule has 1 aliphatic rings. The Morgan fingerprint density at radius 1 is 1.08 bits per heavy atom. The van der Waals surface area contributed by atoms with Crippen molar-refractivity contribution in [1.29, 1.82) is 0 Å². The summed E-state index contributed by atoms with van der Waals surface area (Å²) < 4.78 is 0. The quantitative estimate of drug-likeness (QED) is 0.698. The maximum Gasteiger partial charge on any atom is 0.312 e. The lowest BCUT2D eigenvalue weighted by atomic mass is 10.0. The molecule has 3 N–H and O–H groups in total. The summed E-state index contributed by atoms with van der Waals surface area (Å²) in [6.45, 7) is 9.32. The number of rotatable bonds is 8. The zero-order valence-corrected chi connectivity index (χ0v) is 16.0. The number of carbonyl (C=O) groups is 2. The second-order valence-corrected chi connectivity index (χ2v) is 7.30. The van der Waals surface area contributed by atoms with Crippen molar-refractivity contribution in [3.8, 4) is 0 Å². The Bertz CT molecular complexity index is 578. The topological polar surface area (TPSA) is 78.7 Å². The maximum absolute atomic E-state index is 12.3. The number of amides is 3. The van der Waals surface area contributed by atoms with Crippen molar-refractivity contribution in [3.05, 3.63) is 35.4 Å². The maximum atomic E-state index is 12.3. The Morgan fingerprint density at radius 2 is 1.73 bits per heavy atom. The SMILES string of the molecule is CC(C)c1ccc(CN2CCN(C(=O)CCCCNC(N)=O)CC2)cc1. The van der Waals surface area contributed by atoms with Crippen LogP contribution in [-0.4, -0.2) is 54.5 Å². The molecular weight excluding hydrogens is 328 g/mol. The second kappa shape index (κ2) is 10.2. The van der Waals surface area contributed by atoms with Crippen LogP contribution in [-0.2, 0) is 11.3 Å². The second-order valence-electron chi connectivity index (χ2n) is 7.30. The van der Waals surface area contributed by atoms with Crippen LogP contribution < -0.4 is 11.1 Å². The lowest BCUT2D eigenvalue weighted by Gasteiger charge is -2.35. The van der Waals surface area contributed by atoms with Gasteiger partial charge in [0.1, 0.15) is 0 Å². The van der Waals surface area contributed by atoms with E-state index < -0.39 is 6.03 Å². The van der Waals surface area contributed by atoms with Crippen molar-refractivity contribution in [2.75, 3.05) is 32.7 Å². The van der Waals surface area contributed by atoms with E-state index in [-0.39, 0.29) is 5.91 Å². The van der Waals surface area contributed by atoms with Crippen LogP contribution in [0.25, 0.3) is 0 Å². The summed E-state index contributed by atoms with van der Waals surface area (Å²) in [6.07, 6.45) is 2.10. The zero-order valence-electron chi connectivity index (χ0n) is 16.0. The van der Waals surface area contributed by atoms with E-state index in [4.69, 9.17) is 5.73 Å². The van der Waals surface area contributed by atoms with Gasteiger partial charge in [-0.15, -0.1) is 0 Å². The average molecular weight is 361 g/mol. The third-order valence-electron chi connectivity index (χ3n) is 4.89. The van der Waals surface area contributed by atoms with E-state index in [1.54, 1.807) is 0 Å². The van der Waals surface area contributed by atoms with Gasteiger partial charge in [0.15, 0.2) is 0 Å². The molecule has 6 nitrogen and oxygen atoms in total. The highest BCUT2D eigenvalue weighted by Gasteiger charge is 2.20. The Kier molecular flexibility index (Phi) is 7.91. The summed E-state index contributed by atoms with van der Waals surface area (Å²) in [7, 11) is 0. The molecule has 0 saturated carbocycles. The van der Waals surface area contributed by atoms with Gasteiger partial charge in [-0.3, -0.25) is 9.69 Å². The molecule has 3 amide bonds. The van der Waals surface area contributed by atoms with Crippen LogP contribution in [0.5, 0.6) is 0 Å². The third-order valence-corrected chi connectivity index (χ3v) is 4.89. The van der Waals surface area contributed by atoms with Gasteiger partial charge >= 0.3 is 6.03 Å². The summed E-state index contributed by atoms with van der Waals surface area (Å²) in [5, 5.41) is 2.54. The molecule has 2 rings (SSSR count). The van der Waals surface area contributed by atoms with Crippen LogP contribution in [0.2, 0.25) is 0 Å². The van der Waals surface area contributed by atoms with E-state index >= 15 is 0 Å². The van der Waals surface area contributed by atoms with Crippen LogP contribution in [0.4, 0.5) is 4.79 Å². The molecule has 0 unspecified atom stereocenters. The van der Waals surface area contributed by atoms with Crippen LogP contribution in [0.1, 0.15) is 50.2 Å². The van der Waals surface area contributed by atoms with Crippen LogP contribution in [0.15, 0.2) is 24.3 Å². The lowest BCUT2D eigenvalue weighted by Crippen LogP contribution is -2.48. The van der Waals surface area contributed by atoms with Crippen molar-refractivity contribution in [3.63, 3.8) is 0 Å². The summed E-state index contributed by atoms with van der Waals surface area (Å²) >= 11 is 0. The highest BCUT2D eigenvalue weighted by molar-refractivity contribution is 5.76. The van der Waals surface area contributed by atoms with Gasteiger partial charge in [-0.05, 0) is 29.9 Å². The number of primary amides is 1. The number of piperazine rings is 1. The minimum atomic E-state index is -0.508. The highest BCUT2D eigenvalue weighted by atomic mass is 16.2. The third kappa shape index (κ3) is 6.67.